The lowest BCUT2D eigenvalue weighted by Crippen LogP contribution is -2.44. The van der Waals surface area contributed by atoms with Gasteiger partial charge in [0.25, 0.3) is 10.0 Å². The van der Waals surface area contributed by atoms with E-state index in [1.165, 1.54) is 0 Å². The molecular formula is C15H25N3O2S. The molecular weight excluding hydrogens is 286 g/mol. The number of sulfonamides is 1. The van der Waals surface area contributed by atoms with Crippen LogP contribution < -0.4 is 5.32 Å². The first-order valence-corrected chi connectivity index (χ1v) is 9.26. The summed E-state index contributed by atoms with van der Waals surface area (Å²) >= 11 is 0. The molecule has 0 aromatic carbocycles. The zero-order valence-corrected chi connectivity index (χ0v) is 13.7. The van der Waals surface area contributed by atoms with Crippen molar-refractivity contribution in [3.05, 3.63) is 18.3 Å². The summed E-state index contributed by atoms with van der Waals surface area (Å²) < 4.78 is 27.7. The van der Waals surface area contributed by atoms with E-state index in [0.717, 1.165) is 32.1 Å². The number of nitrogens with one attached hydrogen (secondary N) is 1. The van der Waals surface area contributed by atoms with Gasteiger partial charge in [-0.25, -0.2) is 13.4 Å². The highest BCUT2D eigenvalue weighted by Crippen LogP contribution is 2.29. The number of pyridine rings is 1. The third-order valence-corrected chi connectivity index (χ3v) is 5.80. The highest BCUT2D eigenvalue weighted by atomic mass is 32.2. The lowest BCUT2D eigenvalue weighted by atomic mass is 10.0. The fourth-order valence-electron chi connectivity index (χ4n) is 2.94. The molecule has 0 aliphatic carbocycles. The van der Waals surface area contributed by atoms with Gasteiger partial charge < -0.3 is 5.32 Å². The van der Waals surface area contributed by atoms with E-state index in [-0.39, 0.29) is 11.1 Å². The van der Waals surface area contributed by atoms with E-state index in [1.54, 1.807) is 22.6 Å². The molecule has 1 aromatic rings. The van der Waals surface area contributed by atoms with Crippen molar-refractivity contribution in [2.45, 2.75) is 57.0 Å². The highest BCUT2D eigenvalue weighted by Gasteiger charge is 2.35. The van der Waals surface area contributed by atoms with Crippen LogP contribution in [0.15, 0.2) is 23.4 Å². The van der Waals surface area contributed by atoms with Gasteiger partial charge in [-0.3, -0.25) is 0 Å². The quantitative estimate of drug-likeness (QED) is 0.877. The standard InChI is InChI=1S/C15H25N3O2S/c1-3-8-13-9-5-6-12-18(13)21(19,20)15-14(16-4-2)10-7-11-17-15/h7,10-11,13,16H,3-6,8-9,12H2,1-2H3. The summed E-state index contributed by atoms with van der Waals surface area (Å²) in [5.74, 6) is 0. The first-order chi connectivity index (χ1) is 10.1. The van der Waals surface area contributed by atoms with E-state index < -0.39 is 10.0 Å². The summed E-state index contributed by atoms with van der Waals surface area (Å²) in [5, 5.41) is 3.26. The van der Waals surface area contributed by atoms with E-state index in [1.807, 2.05) is 6.92 Å². The summed E-state index contributed by atoms with van der Waals surface area (Å²) in [6.07, 6.45) is 6.46. The minimum atomic E-state index is -3.53. The van der Waals surface area contributed by atoms with Crippen LogP contribution in [0.3, 0.4) is 0 Å². The van der Waals surface area contributed by atoms with Crippen molar-refractivity contribution in [2.24, 2.45) is 0 Å². The SMILES string of the molecule is CCCC1CCCCN1S(=O)(=O)c1ncccc1NCC. The molecule has 6 heteroatoms. The van der Waals surface area contributed by atoms with Crippen LogP contribution in [0, 0.1) is 0 Å². The van der Waals surface area contributed by atoms with Gasteiger partial charge in [0, 0.05) is 25.3 Å². The number of anilines is 1. The fourth-order valence-corrected chi connectivity index (χ4v) is 4.75. The van der Waals surface area contributed by atoms with Gasteiger partial charge in [-0.2, -0.15) is 4.31 Å². The Morgan fingerprint density at radius 2 is 2.19 bits per heavy atom. The molecule has 0 amide bonds. The topological polar surface area (TPSA) is 62.3 Å². The summed E-state index contributed by atoms with van der Waals surface area (Å²) in [4.78, 5) is 4.15. The van der Waals surface area contributed by atoms with Gasteiger partial charge in [0.05, 0.1) is 5.69 Å². The molecule has 1 unspecified atom stereocenters. The number of hydrogen-bond donors (Lipinski definition) is 1. The Balaban J connectivity index is 2.36. The summed E-state index contributed by atoms with van der Waals surface area (Å²) in [5.41, 5.74) is 0.598. The lowest BCUT2D eigenvalue weighted by Gasteiger charge is -2.34. The van der Waals surface area contributed by atoms with Crippen LogP contribution in [0.2, 0.25) is 0 Å². The predicted molar refractivity (Wildman–Crippen MR) is 84.8 cm³/mol. The molecule has 1 N–H and O–H groups in total. The van der Waals surface area contributed by atoms with E-state index in [4.69, 9.17) is 0 Å². The van der Waals surface area contributed by atoms with Crippen molar-refractivity contribution < 1.29 is 8.42 Å². The second-order valence-electron chi connectivity index (χ2n) is 5.44. The molecule has 5 nitrogen and oxygen atoms in total. The number of aromatic nitrogens is 1. The molecule has 0 saturated carbocycles. The van der Waals surface area contributed by atoms with Crippen LogP contribution in [-0.2, 0) is 10.0 Å². The molecule has 1 aliphatic heterocycles. The van der Waals surface area contributed by atoms with E-state index in [9.17, 15) is 8.42 Å². The Morgan fingerprint density at radius 1 is 1.38 bits per heavy atom. The van der Waals surface area contributed by atoms with Crippen LogP contribution >= 0.6 is 0 Å². The third-order valence-electron chi connectivity index (χ3n) is 3.89. The summed E-state index contributed by atoms with van der Waals surface area (Å²) in [6.45, 7) is 5.33. The normalized spacial score (nSPS) is 20.4. The van der Waals surface area contributed by atoms with Crippen LogP contribution in [-0.4, -0.2) is 36.8 Å². The fraction of sp³-hybridized carbons (Fsp3) is 0.667. The van der Waals surface area contributed by atoms with Crippen molar-refractivity contribution in [2.75, 3.05) is 18.4 Å². The predicted octanol–water partition coefficient (Wildman–Crippen LogP) is 2.86. The van der Waals surface area contributed by atoms with Crippen LogP contribution in [0.5, 0.6) is 0 Å². The van der Waals surface area contributed by atoms with Crippen molar-refractivity contribution in [1.82, 2.24) is 9.29 Å². The molecule has 2 heterocycles. The second-order valence-corrected chi connectivity index (χ2v) is 7.25. The minimum absolute atomic E-state index is 0.116. The van der Waals surface area contributed by atoms with Crippen LogP contribution in [0.4, 0.5) is 5.69 Å². The van der Waals surface area contributed by atoms with Gasteiger partial charge in [-0.15, -0.1) is 0 Å². The average Bonchev–Trinajstić information content (AvgIpc) is 2.49. The molecule has 2 rings (SSSR count). The molecule has 118 valence electrons. The zero-order chi connectivity index (χ0) is 15.3. The monoisotopic (exact) mass is 311 g/mol. The van der Waals surface area contributed by atoms with Crippen molar-refractivity contribution >= 4 is 15.7 Å². The Morgan fingerprint density at radius 3 is 2.90 bits per heavy atom. The maximum atomic E-state index is 13.0. The molecule has 21 heavy (non-hydrogen) atoms. The number of hydrogen-bond acceptors (Lipinski definition) is 4. The van der Waals surface area contributed by atoms with E-state index in [2.05, 4.69) is 17.2 Å². The Labute approximate surface area is 127 Å². The summed E-state index contributed by atoms with van der Waals surface area (Å²) in [6, 6.07) is 3.66. The van der Waals surface area contributed by atoms with Crippen molar-refractivity contribution in [1.29, 1.82) is 0 Å². The van der Waals surface area contributed by atoms with Gasteiger partial charge in [-0.05, 0) is 38.3 Å². The molecule has 0 spiro atoms. The maximum Gasteiger partial charge on any atom is 0.262 e. The molecule has 1 saturated heterocycles. The first kappa shape index (κ1) is 16.2. The molecule has 1 fully saturated rings. The van der Waals surface area contributed by atoms with Gasteiger partial charge in [-0.1, -0.05) is 19.8 Å². The van der Waals surface area contributed by atoms with Crippen LogP contribution in [0.25, 0.3) is 0 Å². The van der Waals surface area contributed by atoms with Crippen LogP contribution in [0.1, 0.15) is 46.0 Å². The second kappa shape index (κ2) is 7.22. The molecule has 0 bridgehead atoms. The highest BCUT2D eigenvalue weighted by molar-refractivity contribution is 7.89. The maximum absolute atomic E-state index is 13.0. The van der Waals surface area contributed by atoms with Gasteiger partial charge in [0.15, 0.2) is 5.03 Å². The molecule has 1 aliphatic rings. The summed E-state index contributed by atoms with van der Waals surface area (Å²) in [7, 11) is -3.53. The average molecular weight is 311 g/mol. The minimum Gasteiger partial charge on any atom is -0.383 e. The van der Waals surface area contributed by atoms with Gasteiger partial charge in [0.1, 0.15) is 0 Å². The smallest absolute Gasteiger partial charge is 0.262 e. The Kier molecular flexibility index (Phi) is 5.58. The largest absolute Gasteiger partial charge is 0.383 e. The van der Waals surface area contributed by atoms with Crippen molar-refractivity contribution in [3.63, 3.8) is 0 Å². The van der Waals surface area contributed by atoms with E-state index >= 15 is 0 Å². The Bertz CT molecular complexity index is 558. The van der Waals surface area contributed by atoms with Gasteiger partial charge in [0.2, 0.25) is 0 Å². The molecule has 0 radical (unpaired) electrons. The Hall–Kier alpha value is -1.14. The number of rotatable bonds is 6. The third kappa shape index (κ3) is 3.55. The van der Waals surface area contributed by atoms with E-state index in [0.29, 0.717) is 18.8 Å². The number of piperidine rings is 1. The lowest BCUT2D eigenvalue weighted by molar-refractivity contribution is 0.239. The molecule has 1 atom stereocenters. The zero-order valence-electron chi connectivity index (χ0n) is 12.9. The first-order valence-electron chi connectivity index (χ1n) is 7.82. The number of nitrogens with zero attached hydrogens (tertiary/aromatic N) is 2. The molecule has 1 aromatic heterocycles. The van der Waals surface area contributed by atoms with Gasteiger partial charge >= 0.3 is 0 Å². The van der Waals surface area contributed by atoms with Crippen molar-refractivity contribution in [3.8, 4) is 0 Å².